The van der Waals surface area contributed by atoms with Gasteiger partial charge in [0.1, 0.15) is 23.0 Å². The highest BCUT2D eigenvalue weighted by atomic mass is 16.7. The number of hydrogen-bond acceptors (Lipinski definition) is 8. The summed E-state index contributed by atoms with van der Waals surface area (Å²) in [5.74, 6) is -1.67. The first-order chi connectivity index (χ1) is 16.7. The highest BCUT2D eigenvalue weighted by Crippen LogP contribution is 2.36. The van der Waals surface area contributed by atoms with Crippen molar-refractivity contribution in [1.29, 1.82) is 0 Å². The lowest BCUT2D eigenvalue weighted by Gasteiger charge is -2.32. The predicted octanol–water partition coefficient (Wildman–Crippen LogP) is 3.56. The Bertz CT molecular complexity index is 991. The molecule has 0 spiro atoms. The van der Waals surface area contributed by atoms with Crippen molar-refractivity contribution < 1.29 is 37.9 Å². The number of benzene rings is 1. The predicted molar refractivity (Wildman–Crippen MR) is 141 cm³/mol. The first-order valence-corrected chi connectivity index (χ1v) is 12.6. The van der Waals surface area contributed by atoms with Gasteiger partial charge in [-0.25, -0.2) is 4.79 Å². The van der Waals surface area contributed by atoms with E-state index < -0.39 is 53.4 Å². The Labute approximate surface area is 221 Å². The molecule has 1 unspecified atom stereocenters. The molecule has 1 atom stereocenters. The van der Waals surface area contributed by atoms with Crippen LogP contribution in [0.3, 0.4) is 0 Å². The van der Waals surface area contributed by atoms with Crippen LogP contribution in [-0.2, 0) is 28.4 Å². The summed E-state index contributed by atoms with van der Waals surface area (Å²) < 4.78 is 28.8. The average molecular weight is 519 g/mol. The summed E-state index contributed by atoms with van der Waals surface area (Å²) in [6.45, 7) is 20.2. The van der Waals surface area contributed by atoms with Crippen LogP contribution in [0.15, 0.2) is 18.2 Å². The van der Waals surface area contributed by atoms with E-state index in [0.717, 1.165) is 0 Å². The Morgan fingerprint density at radius 3 is 1.97 bits per heavy atom. The van der Waals surface area contributed by atoms with Gasteiger partial charge in [0, 0.05) is 0 Å². The first-order valence-electron chi connectivity index (χ1n) is 12.6. The van der Waals surface area contributed by atoms with Crippen molar-refractivity contribution in [2.75, 3.05) is 6.61 Å². The van der Waals surface area contributed by atoms with Crippen LogP contribution in [0.5, 0.6) is 5.75 Å². The molecule has 37 heavy (non-hydrogen) atoms. The zero-order valence-electron chi connectivity index (χ0n) is 24.1. The maximum atomic E-state index is 13.3. The molecule has 1 aromatic carbocycles. The molecule has 1 amide bonds. The molecule has 1 aliphatic heterocycles. The molecular weight excluding hydrogens is 477 g/mol. The lowest BCUT2D eigenvalue weighted by atomic mass is 9.78. The number of carbonyl (C=O) groups is 3. The van der Waals surface area contributed by atoms with Crippen molar-refractivity contribution >= 4 is 30.4 Å². The third kappa shape index (κ3) is 8.47. The standard InChI is InChI=1S/C27H42BNO8/c1-12-33-20-15-17(28-36-26(8,9)27(10,11)37-28)13-14-18(20)22(31)29-19(23(32)35-25(5,6)7)16-21(30)34-24(2,3)4/h13-15,19H,12,16H2,1-11H3,(H,29,31). The van der Waals surface area contributed by atoms with Gasteiger partial charge in [-0.1, -0.05) is 6.07 Å². The van der Waals surface area contributed by atoms with E-state index in [-0.39, 0.29) is 12.0 Å². The van der Waals surface area contributed by atoms with Gasteiger partial charge in [0.25, 0.3) is 5.91 Å². The maximum absolute atomic E-state index is 13.3. The minimum atomic E-state index is -1.25. The number of esters is 2. The molecule has 1 N–H and O–H groups in total. The minimum Gasteiger partial charge on any atom is -0.493 e. The van der Waals surface area contributed by atoms with Crippen LogP contribution >= 0.6 is 0 Å². The lowest BCUT2D eigenvalue weighted by molar-refractivity contribution is -0.164. The zero-order chi connectivity index (χ0) is 28.4. The quantitative estimate of drug-likeness (QED) is 0.410. The summed E-state index contributed by atoms with van der Waals surface area (Å²) >= 11 is 0. The van der Waals surface area contributed by atoms with Crippen molar-refractivity contribution in [3.8, 4) is 5.75 Å². The van der Waals surface area contributed by atoms with Gasteiger partial charge in [-0.15, -0.1) is 0 Å². The Morgan fingerprint density at radius 1 is 0.946 bits per heavy atom. The van der Waals surface area contributed by atoms with E-state index in [4.69, 9.17) is 23.5 Å². The number of ether oxygens (including phenoxy) is 3. The van der Waals surface area contributed by atoms with E-state index in [1.54, 1.807) is 66.7 Å². The van der Waals surface area contributed by atoms with Gasteiger partial charge in [-0.05, 0) is 93.8 Å². The van der Waals surface area contributed by atoms with Gasteiger partial charge in [0.05, 0.1) is 29.8 Å². The zero-order valence-corrected chi connectivity index (χ0v) is 24.1. The molecular formula is C27H42BNO8. The molecule has 1 saturated heterocycles. The van der Waals surface area contributed by atoms with Crippen LogP contribution in [0, 0.1) is 0 Å². The molecule has 9 nitrogen and oxygen atoms in total. The fraction of sp³-hybridized carbons (Fsp3) is 0.667. The monoisotopic (exact) mass is 519 g/mol. The van der Waals surface area contributed by atoms with Crippen LogP contribution < -0.4 is 15.5 Å². The van der Waals surface area contributed by atoms with Crippen LogP contribution in [-0.4, -0.2) is 60.0 Å². The minimum absolute atomic E-state index is 0.194. The van der Waals surface area contributed by atoms with Crippen molar-refractivity contribution in [3.05, 3.63) is 23.8 Å². The Balaban J connectivity index is 2.32. The van der Waals surface area contributed by atoms with Gasteiger partial charge in [-0.3, -0.25) is 9.59 Å². The van der Waals surface area contributed by atoms with Crippen molar-refractivity contribution in [1.82, 2.24) is 5.32 Å². The molecule has 0 saturated carbocycles. The molecule has 0 radical (unpaired) electrons. The van der Waals surface area contributed by atoms with Gasteiger partial charge < -0.3 is 28.8 Å². The fourth-order valence-electron chi connectivity index (χ4n) is 3.48. The summed E-state index contributed by atoms with van der Waals surface area (Å²) in [7, 11) is -0.636. The highest BCUT2D eigenvalue weighted by molar-refractivity contribution is 6.62. The van der Waals surface area contributed by atoms with E-state index in [0.29, 0.717) is 17.8 Å². The van der Waals surface area contributed by atoms with E-state index in [1.807, 2.05) is 27.7 Å². The normalized spacial score (nSPS) is 17.6. The number of nitrogens with one attached hydrogen (secondary N) is 1. The average Bonchev–Trinajstić information content (AvgIpc) is 2.92. The highest BCUT2D eigenvalue weighted by Gasteiger charge is 2.51. The Morgan fingerprint density at radius 2 is 1.49 bits per heavy atom. The molecule has 1 fully saturated rings. The van der Waals surface area contributed by atoms with Crippen LogP contribution in [0.2, 0.25) is 0 Å². The van der Waals surface area contributed by atoms with Gasteiger partial charge in [0.15, 0.2) is 0 Å². The second-order valence-corrected chi connectivity index (χ2v) is 12.1. The molecule has 10 heteroatoms. The van der Waals surface area contributed by atoms with Crippen LogP contribution in [0.25, 0.3) is 0 Å². The molecule has 2 rings (SSSR count). The third-order valence-corrected chi connectivity index (χ3v) is 5.86. The number of rotatable bonds is 8. The maximum Gasteiger partial charge on any atom is 0.494 e. The molecule has 1 aliphatic rings. The third-order valence-electron chi connectivity index (χ3n) is 5.86. The van der Waals surface area contributed by atoms with Crippen molar-refractivity contribution in [3.63, 3.8) is 0 Å². The van der Waals surface area contributed by atoms with Gasteiger partial charge in [0.2, 0.25) is 0 Å². The topological polar surface area (TPSA) is 109 Å². The van der Waals surface area contributed by atoms with E-state index in [2.05, 4.69) is 5.32 Å². The summed E-state index contributed by atoms with van der Waals surface area (Å²) in [5, 5.41) is 2.63. The Kier molecular flexibility index (Phi) is 9.13. The number of carbonyl (C=O) groups excluding carboxylic acids is 3. The summed E-state index contributed by atoms with van der Waals surface area (Å²) in [6.07, 6.45) is -0.381. The largest absolute Gasteiger partial charge is 0.494 e. The fourth-order valence-corrected chi connectivity index (χ4v) is 3.48. The summed E-state index contributed by atoms with van der Waals surface area (Å²) in [4.78, 5) is 38.7. The molecule has 1 heterocycles. The summed E-state index contributed by atoms with van der Waals surface area (Å²) in [6, 6.07) is 3.74. The number of hydrogen-bond donors (Lipinski definition) is 1. The van der Waals surface area contributed by atoms with Crippen LogP contribution in [0.4, 0.5) is 0 Å². The van der Waals surface area contributed by atoms with Crippen molar-refractivity contribution in [2.24, 2.45) is 0 Å². The van der Waals surface area contributed by atoms with Crippen LogP contribution in [0.1, 0.15) is 92.9 Å². The second kappa shape index (κ2) is 11.0. The smallest absolute Gasteiger partial charge is 0.493 e. The summed E-state index contributed by atoms with van der Waals surface area (Å²) in [5.41, 5.74) is -1.72. The lowest BCUT2D eigenvalue weighted by Crippen LogP contribution is -2.46. The first kappa shape index (κ1) is 30.6. The SMILES string of the molecule is CCOc1cc(B2OC(C)(C)C(C)(C)O2)ccc1C(=O)NC(CC(=O)OC(C)(C)C)C(=O)OC(C)(C)C. The molecule has 0 bridgehead atoms. The molecule has 0 aromatic heterocycles. The molecule has 206 valence electrons. The van der Waals surface area contributed by atoms with Crippen molar-refractivity contribution in [2.45, 2.75) is 111 Å². The van der Waals surface area contributed by atoms with Gasteiger partial charge in [-0.2, -0.15) is 0 Å². The van der Waals surface area contributed by atoms with E-state index in [9.17, 15) is 14.4 Å². The second-order valence-electron chi connectivity index (χ2n) is 12.1. The van der Waals surface area contributed by atoms with E-state index >= 15 is 0 Å². The number of amides is 1. The Hall–Kier alpha value is -2.59. The molecule has 0 aliphatic carbocycles. The van der Waals surface area contributed by atoms with Gasteiger partial charge >= 0.3 is 19.1 Å². The van der Waals surface area contributed by atoms with E-state index in [1.165, 1.54) is 0 Å². The molecule has 1 aromatic rings.